The van der Waals surface area contributed by atoms with Crippen LogP contribution in [0.15, 0.2) is 47.4 Å². The normalized spacial score (nSPS) is 15.8. The highest BCUT2D eigenvalue weighted by molar-refractivity contribution is 7.89. The van der Waals surface area contributed by atoms with Crippen molar-refractivity contribution in [3.05, 3.63) is 53.6 Å². The Morgan fingerprint density at radius 2 is 1.81 bits per heavy atom. The summed E-state index contributed by atoms with van der Waals surface area (Å²) in [5.74, 6) is 0. The molecular weight excluding hydrogens is 344 g/mol. The van der Waals surface area contributed by atoms with Gasteiger partial charge in [-0.15, -0.1) is 0 Å². The Morgan fingerprint density at radius 3 is 2.50 bits per heavy atom. The number of nitrogens with zero attached hydrogens (tertiary/aromatic N) is 1. The van der Waals surface area contributed by atoms with E-state index < -0.39 is 10.0 Å². The quantitative estimate of drug-likeness (QED) is 0.738. The largest absolute Gasteiger partial charge is 0.355 e. The molecule has 1 aliphatic heterocycles. The van der Waals surface area contributed by atoms with Gasteiger partial charge in [0, 0.05) is 29.7 Å². The first-order chi connectivity index (χ1) is 12.5. The van der Waals surface area contributed by atoms with Gasteiger partial charge in [0.25, 0.3) is 0 Å². The number of H-pyrrole nitrogens is 1. The van der Waals surface area contributed by atoms with Crippen molar-refractivity contribution in [2.75, 3.05) is 13.1 Å². The van der Waals surface area contributed by atoms with Gasteiger partial charge in [-0.3, -0.25) is 0 Å². The van der Waals surface area contributed by atoms with Crippen LogP contribution >= 0.6 is 0 Å². The summed E-state index contributed by atoms with van der Waals surface area (Å²) in [6.07, 6.45) is 2.92. The highest BCUT2D eigenvalue weighted by Crippen LogP contribution is 2.29. The zero-order chi connectivity index (χ0) is 18.3. The van der Waals surface area contributed by atoms with E-state index in [1.165, 1.54) is 11.1 Å². The maximum absolute atomic E-state index is 12.8. The number of aromatic amines is 1. The molecule has 1 N–H and O–H groups in total. The van der Waals surface area contributed by atoms with E-state index >= 15 is 0 Å². The monoisotopic (exact) mass is 368 g/mol. The van der Waals surface area contributed by atoms with Crippen molar-refractivity contribution in [2.45, 2.75) is 38.0 Å². The molecule has 5 heteroatoms. The van der Waals surface area contributed by atoms with Gasteiger partial charge in [-0.25, -0.2) is 8.42 Å². The van der Waals surface area contributed by atoms with Gasteiger partial charge in [-0.2, -0.15) is 4.31 Å². The number of rotatable bonds is 4. The number of aromatic nitrogens is 1. The lowest BCUT2D eigenvalue weighted by molar-refractivity contribution is 0.477. The van der Waals surface area contributed by atoms with E-state index in [0.29, 0.717) is 18.0 Å². The molecule has 0 radical (unpaired) electrons. The number of hydrogen-bond acceptors (Lipinski definition) is 2. The second-order valence-electron chi connectivity index (χ2n) is 7.04. The minimum absolute atomic E-state index is 0.384. The minimum Gasteiger partial charge on any atom is -0.355 e. The number of sulfonamides is 1. The summed E-state index contributed by atoms with van der Waals surface area (Å²) in [7, 11) is -3.38. The van der Waals surface area contributed by atoms with Crippen molar-refractivity contribution in [3.63, 3.8) is 0 Å². The summed E-state index contributed by atoms with van der Waals surface area (Å²) in [5.41, 5.74) is 5.73. The van der Waals surface area contributed by atoms with E-state index in [2.05, 4.69) is 37.0 Å². The smallest absolute Gasteiger partial charge is 0.243 e. The molecule has 3 aromatic rings. The van der Waals surface area contributed by atoms with Crippen molar-refractivity contribution < 1.29 is 8.42 Å². The fourth-order valence-corrected chi connectivity index (χ4v) is 5.32. The molecule has 1 aromatic heterocycles. The average Bonchev–Trinajstić information content (AvgIpc) is 3.30. The fraction of sp³-hybridized carbons (Fsp3) is 0.333. The molecule has 1 fully saturated rings. The van der Waals surface area contributed by atoms with Crippen molar-refractivity contribution >= 4 is 20.9 Å². The average molecular weight is 369 g/mol. The number of nitrogens with one attached hydrogen (secondary N) is 1. The lowest BCUT2D eigenvalue weighted by atomic mass is 10.0. The van der Waals surface area contributed by atoms with Crippen molar-refractivity contribution in [3.8, 4) is 11.3 Å². The van der Waals surface area contributed by atoms with Crippen molar-refractivity contribution in [1.82, 2.24) is 9.29 Å². The Bertz CT molecular complexity index is 1060. The van der Waals surface area contributed by atoms with Gasteiger partial charge < -0.3 is 4.98 Å². The first-order valence-electron chi connectivity index (χ1n) is 9.22. The Balaban J connectivity index is 1.73. The Kier molecular flexibility index (Phi) is 4.37. The van der Waals surface area contributed by atoms with Gasteiger partial charge >= 0.3 is 0 Å². The summed E-state index contributed by atoms with van der Waals surface area (Å²) < 4.78 is 27.2. The SMILES string of the molecule is CCc1ccc(-c2cc3cc(S(=O)(=O)N4CCCC4)ccc3[nH]2)cc1C. The zero-order valence-corrected chi connectivity index (χ0v) is 16.1. The zero-order valence-electron chi connectivity index (χ0n) is 15.2. The van der Waals surface area contributed by atoms with Crippen LogP contribution in [0, 0.1) is 6.92 Å². The maximum Gasteiger partial charge on any atom is 0.243 e. The van der Waals surface area contributed by atoms with Crippen LogP contribution < -0.4 is 0 Å². The molecule has 4 nitrogen and oxygen atoms in total. The van der Waals surface area contributed by atoms with Gasteiger partial charge in [0.2, 0.25) is 10.0 Å². The lowest BCUT2D eigenvalue weighted by Gasteiger charge is -2.15. The molecule has 1 aliphatic rings. The molecule has 4 rings (SSSR count). The molecular formula is C21H24N2O2S. The summed E-state index contributed by atoms with van der Waals surface area (Å²) in [4.78, 5) is 3.80. The molecule has 26 heavy (non-hydrogen) atoms. The number of benzene rings is 2. The van der Waals surface area contributed by atoms with E-state index in [-0.39, 0.29) is 0 Å². The Labute approximate surface area is 154 Å². The first-order valence-corrected chi connectivity index (χ1v) is 10.7. The second kappa shape index (κ2) is 6.56. The molecule has 0 aliphatic carbocycles. The second-order valence-corrected chi connectivity index (χ2v) is 8.98. The molecule has 2 aromatic carbocycles. The summed E-state index contributed by atoms with van der Waals surface area (Å²) in [6.45, 7) is 5.54. The number of fused-ring (bicyclic) bond motifs is 1. The Hall–Kier alpha value is -2.11. The van der Waals surface area contributed by atoms with E-state index in [9.17, 15) is 8.42 Å². The van der Waals surface area contributed by atoms with Crippen LogP contribution in [0.4, 0.5) is 0 Å². The standard InChI is InChI=1S/C21H24N2O2S/c1-3-16-6-7-17(12-15(16)2)21-14-18-13-19(8-9-20(18)22-21)26(24,25)23-10-4-5-11-23/h6-9,12-14,22H,3-5,10-11H2,1-2H3. The molecule has 0 atom stereocenters. The molecule has 0 spiro atoms. The molecule has 1 saturated heterocycles. The molecule has 2 heterocycles. The third-order valence-corrected chi connectivity index (χ3v) is 7.22. The first kappa shape index (κ1) is 17.3. The predicted molar refractivity (Wildman–Crippen MR) is 106 cm³/mol. The van der Waals surface area contributed by atoms with Crippen molar-refractivity contribution in [2.24, 2.45) is 0 Å². The van der Waals surface area contributed by atoms with E-state index in [1.54, 1.807) is 16.4 Å². The molecule has 0 unspecified atom stereocenters. The van der Waals surface area contributed by atoms with E-state index in [0.717, 1.165) is 41.4 Å². The van der Waals surface area contributed by atoms with Crippen LogP contribution in [-0.2, 0) is 16.4 Å². The molecule has 136 valence electrons. The predicted octanol–water partition coefficient (Wildman–Crippen LogP) is 4.49. The van der Waals surface area contributed by atoms with E-state index in [1.807, 2.05) is 12.1 Å². The van der Waals surface area contributed by atoms with Crippen LogP contribution in [0.25, 0.3) is 22.2 Å². The highest BCUT2D eigenvalue weighted by atomic mass is 32.2. The molecule has 0 bridgehead atoms. The van der Waals surface area contributed by atoms with Gasteiger partial charge in [0.15, 0.2) is 0 Å². The van der Waals surface area contributed by atoms with Gasteiger partial charge in [-0.1, -0.05) is 19.1 Å². The topological polar surface area (TPSA) is 53.2 Å². The van der Waals surface area contributed by atoms with Gasteiger partial charge in [0.1, 0.15) is 0 Å². The van der Waals surface area contributed by atoms with Crippen LogP contribution in [0.2, 0.25) is 0 Å². The summed E-state index contributed by atoms with van der Waals surface area (Å²) in [5, 5.41) is 0.928. The highest BCUT2D eigenvalue weighted by Gasteiger charge is 2.27. The Morgan fingerprint density at radius 1 is 1.04 bits per heavy atom. The minimum atomic E-state index is -3.38. The van der Waals surface area contributed by atoms with Crippen LogP contribution in [0.5, 0.6) is 0 Å². The van der Waals surface area contributed by atoms with Gasteiger partial charge in [0.05, 0.1) is 4.90 Å². The molecule has 0 saturated carbocycles. The maximum atomic E-state index is 12.8. The third kappa shape index (κ3) is 2.95. The van der Waals surface area contributed by atoms with Crippen LogP contribution in [0.3, 0.4) is 0 Å². The fourth-order valence-electron chi connectivity index (χ4n) is 3.76. The van der Waals surface area contributed by atoms with Crippen LogP contribution in [-0.4, -0.2) is 30.8 Å². The lowest BCUT2D eigenvalue weighted by Crippen LogP contribution is -2.27. The summed E-state index contributed by atoms with van der Waals surface area (Å²) in [6, 6.07) is 13.9. The molecule has 0 amide bonds. The van der Waals surface area contributed by atoms with E-state index in [4.69, 9.17) is 0 Å². The summed E-state index contributed by atoms with van der Waals surface area (Å²) >= 11 is 0. The number of hydrogen-bond donors (Lipinski definition) is 1. The number of aryl methyl sites for hydroxylation is 2. The van der Waals surface area contributed by atoms with Gasteiger partial charge in [-0.05, 0) is 73.2 Å². The third-order valence-electron chi connectivity index (χ3n) is 5.33. The van der Waals surface area contributed by atoms with Crippen LogP contribution in [0.1, 0.15) is 30.9 Å². The van der Waals surface area contributed by atoms with Crippen molar-refractivity contribution in [1.29, 1.82) is 0 Å².